The molecule has 0 aromatic rings. The third-order valence-electron chi connectivity index (χ3n) is 5.55. The molecule has 20 heavy (non-hydrogen) atoms. The minimum Gasteiger partial charge on any atom is -0.481 e. The highest BCUT2D eigenvalue weighted by atomic mass is 16.4. The minimum absolute atomic E-state index is 0.290. The Labute approximate surface area is 123 Å². The van der Waals surface area contributed by atoms with Gasteiger partial charge in [0.25, 0.3) is 0 Å². The van der Waals surface area contributed by atoms with Crippen molar-refractivity contribution in [1.82, 2.24) is 9.80 Å². The fraction of sp³-hybridized carbons (Fsp3) is 0.938. The van der Waals surface area contributed by atoms with Crippen LogP contribution in [0.4, 0.5) is 0 Å². The van der Waals surface area contributed by atoms with Crippen LogP contribution in [0, 0.1) is 11.3 Å². The van der Waals surface area contributed by atoms with E-state index in [2.05, 4.69) is 16.7 Å². The predicted molar refractivity (Wildman–Crippen MR) is 80.8 cm³/mol. The van der Waals surface area contributed by atoms with Gasteiger partial charge in [-0.3, -0.25) is 9.69 Å². The Hall–Kier alpha value is -0.610. The fourth-order valence-corrected chi connectivity index (χ4v) is 3.70. The summed E-state index contributed by atoms with van der Waals surface area (Å²) in [6.45, 7) is 11.7. The maximum absolute atomic E-state index is 11.5. The van der Waals surface area contributed by atoms with Gasteiger partial charge >= 0.3 is 5.97 Å². The van der Waals surface area contributed by atoms with E-state index in [9.17, 15) is 9.90 Å². The van der Waals surface area contributed by atoms with E-state index in [0.717, 1.165) is 32.5 Å². The van der Waals surface area contributed by atoms with Crippen LogP contribution < -0.4 is 0 Å². The van der Waals surface area contributed by atoms with Crippen LogP contribution >= 0.6 is 0 Å². The lowest BCUT2D eigenvalue weighted by Crippen LogP contribution is -2.51. The first-order valence-electron chi connectivity index (χ1n) is 8.15. The topological polar surface area (TPSA) is 43.8 Å². The van der Waals surface area contributed by atoms with Crippen LogP contribution in [0.15, 0.2) is 0 Å². The SMILES string of the molecule is CCN1CCC(N2CCCC(C(C)(C)C(=O)O)C2)CC1. The zero-order chi connectivity index (χ0) is 14.8. The maximum Gasteiger partial charge on any atom is 0.309 e. The van der Waals surface area contributed by atoms with E-state index in [1.54, 1.807) is 0 Å². The summed E-state index contributed by atoms with van der Waals surface area (Å²) in [7, 11) is 0. The van der Waals surface area contributed by atoms with Crippen LogP contribution in [-0.2, 0) is 4.79 Å². The van der Waals surface area contributed by atoms with Gasteiger partial charge in [0.1, 0.15) is 0 Å². The van der Waals surface area contributed by atoms with Gasteiger partial charge in [-0.15, -0.1) is 0 Å². The van der Waals surface area contributed by atoms with E-state index in [1.165, 1.54) is 25.9 Å². The predicted octanol–water partition coefficient (Wildman–Crippen LogP) is 2.29. The van der Waals surface area contributed by atoms with Crippen molar-refractivity contribution in [3.05, 3.63) is 0 Å². The smallest absolute Gasteiger partial charge is 0.309 e. The number of rotatable bonds is 4. The second kappa shape index (κ2) is 6.44. The molecule has 2 fully saturated rings. The summed E-state index contributed by atoms with van der Waals surface area (Å²) in [5.74, 6) is -0.358. The molecular formula is C16H30N2O2. The Balaban J connectivity index is 1.92. The van der Waals surface area contributed by atoms with Gasteiger partial charge in [-0.05, 0) is 71.6 Å². The number of hydrogen-bond acceptors (Lipinski definition) is 3. The van der Waals surface area contributed by atoms with E-state index < -0.39 is 11.4 Å². The van der Waals surface area contributed by atoms with E-state index in [-0.39, 0.29) is 5.92 Å². The molecule has 2 rings (SSSR count). The molecule has 0 amide bonds. The summed E-state index contributed by atoms with van der Waals surface area (Å²) in [4.78, 5) is 16.5. The summed E-state index contributed by atoms with van der Waals surface area (Å²) in [6.07, 6.45) is 4.70. The van der Waals surface area contributed by atoms with Crippen LogP contribution in [0.3, 0.4) is 0 Å². The Bertz CT molecular complexity index is 335. The molecule has 1 N–H and O–H groups in total. The Morgan fingerprint density at radius 2 is 1.85 bits per heavy atom. The molecule has 4 nitrogen and oxygen atoms in total. The van der Waals surface area contributed by atoms with E-state index in [1.807, 2.05) is 13.8 Å². The average molecular weight is 282 g/mol. The molecule has 1 unspecified atom stereocenters. The van der Waals surface area contributed by atoms with Crippen LogP contribution in [-0.4, -0.2) is 59.6 Å². The summed E-state index contributed by atoms with van der Waals surface area (Å²) in [5, 5.41) is 9.43. The number of carboxylic acid groups (broad SMARTS) is 1. The van der Waals surface area contributed by atoms with Crippen molar-refractivity contribution in [2.75, 3.05) is 32.7 Å². The van der Waals surface area contributed by atoms with Crippen molar-refractivity contribution in [2.45, 2.75) is 52.5 Å². The number of likely N-dealkylation sites (tertiary alicyclic amines) is 2. The van der Waals surface area contributed by atoms with Crippen LogP contribution in [0.5, 0.6) is 0 Å². The maximum atomic E-state index is 11.5. The highest BCUT2D eigenvalue weighted by Crippen LogP contribution is 2.35. The lowest BCUT2D eigenvalue weighted by atomic mass is 9.74. The first-order chi connectivity index (χ1) is 9.45. The zero-order valence-corrected chi connectivity index (χ0v) is 13.3. The molecule has 0 spiro atoms. The van der Waals surface area contributed by atoms with Gasteiger partial charge in [-0.2, -0.15) is 0 Å². The number of hydrogen-bond donors (Lipinski definition) is 1. The average Bonchev–Trinajstić information content (AvgIpc) is 2.47. The van der Waals surface area contributed by atoms with E-state index in [0.29, 0.717) is 6.04 Å². The highest BCUT2D eigenvalue weighted by Gasteiger charge is 2.40. The molecule has 116 valence electrons. The molecular weight excluding hydrogens is 252 g/mol. The zero-order valence-electron chi connectivity index (χ0n) is 13.3. The standard InChI is InChI=1S/C16H30N2O2/c1-4-17-10-7-14(8-11-17)18-9-5-6-13(12-18)16(2,3)15(19)20/h13-14H,4-12H2,1-3H3,(H,19,20). The Morgan fingerprint density at radius 3 is 2.40 bits per heavy atom. The lowest BCUT2D eigenvalue weighted by molar-refractivity contribution is -0.151. The van der Waals surface area contributed by atoms with Gasteiger partial charge in [0, 0.05) is 12.6 Å². The van der Waals surface area contributed by atoms with E-state index in [4.69, 9.17) is 0 Å². The molecule has 2 aliphatic heterocycles. The number of carbonyl (C=O) groups is 1. The first-order valence-corrected chi connectivity index (χ1v) is 8.15. The van der Waals surface area contributed by atoms with Crippen LogP contribution in [0.2, 0.25) is 0 Å². The Morgan fingerprint density at radius 1 is 1.20 bits per heavy atom. The highest BCUT2D eigenvalue weighted by molar-refractivity contribution is 5.74. The first kappa shape index (κ1) is 15.8. The van der Waals surface area contributed by atoms with Crippen molar-refractivity contribution < 1.29 is 9.90 Å². The van der Waals surface area contributed by atoms with Gasteiger partial charge < -0.3 is 10.0 Å². The third kappa shape index (κ3) is 3.34. The van der Waals surface area contributed by atoms with E-state index >= 15 is 0 Å². The number of piperidine rings is 2. The largest absolute Gasteiger partial charge is 0.481 e. The fourth-order valence-electron chi connectivity index (χ4n) is 3.70. The second-order valence-corrected chi connectivity index (χ2v) is 7.03. The number of carboxylic acids is 1. The quantitative estimate of drug-likeness (QED) is 0.859. The molecule has 0 bridgehead atoms. The summed E-state index contributed by atoms with van der Waals surface area (Å²) < 4.78 is 0. The molecule has 0 aromatic carbocycles. The van der Waals surface area contributed by atoms with Crippen molar-refractivity contribution in [1.29, 1.82) is 0 Å². The molecule has 0 aliphatic carbocycles. The monoisotopic (exact) mass is 282 g/mol. The lowest BCUT2D eigenvalue weighted by Gasteiger charge is -2.45. The summed E-state index contributed by atoms with van der Waals surface area (Å²) in [6, 6.07) is 0.671. The molecule has 4 heteroatoms. The van der Waals surface area contributed by atoms with Crippen LogP contribution in [0.1, 0.15) is 46.5 Å². The van der Waals surface area contributed by atoms with Crippen molar-refractivity contribution in [3.8, 4) is 0 Å². The molecule has 2 saturated heterocycles. The normalized spacial score (nSPS) is 27.6. The van der Waals surface area contributed by atoms with Gasteiger partial charge in [0.05, 0.1) is 5.41 Å². The van der Waals surface area contributed by atoms with Gasteiger partial charge in [-0.1, -0.05) is 6.92 Å². The number of aliphatic carboxylic acids is 1. The molecule has 0 saturated carbocycles. The Kier molecular flexibility index (Phi) is 5.08. The molecule has 2 heterocycles. The van der Waals surface area contributed by atoms with Gasteiger partial charge in [0.2, 0.25) is 0 Å². The molecule has 0 radical (unpaired) electrons. The second-order valence-electron chi connectivity index (χ2n) is 7.03. The van der Waals surface area contributed by atoms with Gasteiger partial charge in [0.15, 0.2) is 0 Å². The van der Waals surface area contributed by atoms with Crippen molar-refractivity contribution in [3.63, 3.8) is 0 Å². The summed E-state index contributed by atoms with van der Waals surface area (Å²) >= 11 is 0. The molecule has 1 atom stereocenters. The van der Waals surface area contributed by atoms with Gasteiger partial charge in [-0.25, -0.2) is 0 Å². The van der Waals surface area contributed by atoms with Crippen molar-refractivity contribution in [2.24, 2.45) is 11.3 Å². The van der Waals surface area contributed by atoms with Crippen LogP contribution in [0.25, 0.3) is 0 Å². The third-order valence-corrected chi connectivity index (χ3v) is 5.55. The van der Waals surface area contributed by atoms with Crippen molar-refractivity contribution >= 4 is 5.97 Å². The summed E-state index contributed by atoms with van der Waals surface area (Å²) in [5.41, 5.74) is -0.594. The minimum atomic E-state index is -0.648. The molecule has 2 aliphatic rings. The number of nitrogens with zero attached hydrogens (tertiary/aromatic N) is 2. The molecule has 0 aromatic heterocycles.